The van der Waals surface area contributed by atoms with Crippen molar-refractivity contribution in [2.45, 2.75) is 62.6 Å². The van der Waals surface area contributed by atoms with Crippen molar-refractivity contribution in [3.63, 3.8) is 0 Å². The summed E-state index contributed by atoms with van der Waals surface area (Å²) in [5, 5.41) is 0. The number of ether oxygens (including phenoxy) is 1. The molecular weight excluding hydrogens is 370 g/mol. The van der Waals surface area contributed by atoms with E-state index in [1.807, 2.05) is 4.90 Å². The minimum absolute atomic E-state index is 0.0199. The largest absolute Gasteiger partial charge is 0.455 e. The van der Waals surface area contributed by atoms with Gasteiger partial charge in [0, 0.05) is 17.4 Å². The van der Waals surface area contributed by atoms with Crippen molar-refractivity contribution in [2.75, 3.05) is 19.7 Å². The molecule has 0 unspecified atom stereocenters. The number of rotatable bonds is 3. The van der Waals surface area contributed by atoms with Crippen molar-refractivity contribution in [3.8, 4) is 0 Å². The minimum Gasteiger partial charge on any atom is -0.455 e. The van der Waals surface area contributed by atoms with Gasteiger partial charge in [-0.05, 0) is 69.1 Å². The lowest BCUT2D eigenvalue weighted by atomic mass is 9.49. The lowest BCUT2D eigenvalue weighted by Gasteiger charge is -2.58. The van der Waals surface area contributed by atoms with Crippen LogP contribution in [-0.4, -0.2) is 40.8 Å². The fraction of sp³-hybridized carbons (Fsp3) is 0.895. The summed E-state index contributed by atoms with van der Waals surface area (Å²) in [5.41, 5.74) is -0.329. The second-order valence-electron chi connectivity index (χ2n) is 9.03. The number of hydrogen-bond donors (Lipinski definition) is 0. The maximum atomic E-state index is 12.9. The fourth-order valence-electron chi connectivity index (χ4n) is 6.02. The predicted molar refractivity (Wildman–Crippen MR) is 94.7 cm³/mol. The van der Waals surface area contributed by atoms with E-state index in [0.717, 1.165) is 45.2 Å². The van der Waals surface area contributed by atoms with Gasteiger partial charge in [-0.15, -0.1) is 0 Å². The number of piperidine rings is 1. The van der Waals surface area contributed by atoms with Crippen molar-refractivity contribution in [1.29, 1.82) is 0 Å². The van der Waals surface area contributed by atoms with E-state index in [2.05, 4.69) is 22.9 Å². The maximum Gasteiger partial charge on any atom is 0.312 e. The Labute approximate surface area is 152 Å². The fourth-order valence-corrected chi connectivity index (χ4v) is 7.47. The molecule has 5 heteroatoms. The van der Waals surface area contributed by atoms with E-state index in [9.17, 15) is 9.59 Å². The van der Waals surface area contributed by atoms with Crippen LogP contribution in [0.4, 0.5) is 0 Å². The van der Waals surface area contributed by atoms with Crippen LogP contribution in [0.15, 0.2) is 0 Å². The molecule has 1 saturated heterocycles. The van der Waals surface area contributed by atoms with Gasteiger partial charge in [0.25, 0.3) is 5.91 Å². The highest BCUT2D eigenvalue weighted by Crippen LogP contribution is 2.64. The standard InChI is InChI=1S/C19H28BrNO3/c1-13-2-4-21(5-3-13)16(22)11-24-17(23)18-7-14-6-15(8-18)10-19(20,9-14)12-18/h13-15H,2-12H2,1H3/t14-,15-,18?,19?/m1/s1. The van der Waals surface area contributed by atoms with E-state index in [0.29, 0.717) is 17.8 Å². The SMILES string of the molecule is CC1CCN(C(=O)COC(=O)C23C[C@H]4C[C@@H](CC(Br)(C4)C2)C3)CC1. The third-order valence-electron chi connectivity index (χ3n) is 6.89. The summed E-state index contributed by atoms with van der Waals surface area (Å²) < 4.78 is 5.70. The van der Waals surface area contributed by atoms with Crippen LogP contribution >= 0.6 is 15.9 Å². The number of esters is 1. The van der Waals surface area contributed by atoms with Gasteiger partial charge in [-0.25, -0.2) is 0 Å². The molecule has 1 aliphatic heterocycles. The second-order valence-corrected chi connectivity index (χ2v) is 10.7. The first-order valence-corrected chi connectivity index (χ1v) is 10.3. The smallest absolute Gasteiger partial charge is 0.312 e. The zero-order valence-electron chi connectivity index (χ0n) is 14.6. The summed E-state index contributed by atoms with van der Waals surface area (Å²) in [6.07, 6.45) is 8.59. The number of carbonyl (C=O) groups excluding carboxylic acids is 2. The van der Waals surface area contributed by atoms with Gasteiger partial charge in [0.2, 0.25) is 0 Å². The van der Waals surface area contributed by atoms with Crippen LogP contribution in [0.3, 0.4) is 0 Å². The molecule has 0 aromatic heterocycles. The Morgan fingerprint density at radius 1 is 1.12 bits per heavy atom. The Kier molecular flexibility index (Phi) is 4.21. The lowest BCUT2D eigenvalue weighted by molar-refractivity contribution is -0.172. The molecule has 0 aromatic rings. The maximum absolute atomic E-state index is 12.9. The Morgan fingerprint density at radius 3 is 2.33 bits per heavy atom. The molecular formula is C19H28BrNO3. The van der Waals surface area contributed by atoms with Crippen LogP contribution in [0.5, 0.6) is 0 Å². The summed E-state index contributed by atoms with van der Waals surface area (Å²) in [4.78, 5) is 27.1. The van der Waals surface area contributed by atoms with Crippen LogP contribution < -0.4 is 0 Å². The van der Waals surface area contributed by atoms with Crippen molar-refractivity contribution < 1.29 is 14.3 Å². The van der Waals surface area contributed by atoms with E-state index < -0.39 is 0 Å². The molecule has 5 aliphatic rings. The minimum atomic E-state index is -0.329. The second kappa shape index (κ2) is 6.00. The van der Waals surface area contributed by atoms with Gasteiger partial charge in [-0.2, -0.15) is 0 Å². The van der Waals surface area contributed by atoms with Gasteiger partial charge in [-0.3, -0.25) is 9.59 Å². The normalized spacial score (nSPS) is 41.5. The highest BCUT2D eigenvalue weighted by atomic mass is 79.9. The van der Waals surface area contributed by atoms with E-state index in [1.54, 1.807) is 0 Å². The molecule has 2 atom stereocenters. The molecule has 0 aromatic carbocycles. The molecule has 0 N–H and O–H groups in total. The molecule has 5 rings (SSSR count). The van der Waals surface area contributed by atoms with E-state index >= 15 is 0 Å². The molecule has 24 heavy (non-hydrogen) atoms. The van der Waals surface area contributed by atoms with E-state index in [1.165, 1.54) is 19.3 Å². The first-order chi connectivity index (χ1) is 11.4. The lowest BCUT2D eigenvalue weighted by Crippen LogP contribution is -2.56. The van der Waals surface area contributed by atoms with Gasteiger partial charge < -0.3 is 9.64 Å². The summed E-state index contributed by atoms with van der Waals surface area (Å²) in [5.74, 6) is 1.86. The van der Waals surface area contributed by atoms with Gasteiger partial charge in [-0.1, -0.05) is 22.9 Å². The molecule has 4 aliphatic carbocycles. The highest BCUT2D eigenvalue weighted by molar-refractivity contribution is 9.10. The topological polar surface area (TPSA) is 46.6 Å². The van der Waals surface area contributed by atoms with Crippen LogP contribution in [0.1, 0.15) is 58.3 Å². The molecule has 1 heterocycles. The number of nitrogens with zero attached hydrogens (tertiary/aromatic N) is 1. The van der Waals surface area contributed by atoms with Crippen LogP contribution in [0.2, 0.25) is 0 Å². The summed E-state index contributed by atoms with van der Waals surface area (Å²) in [6, 6.07) is 0. The Morgan fingerprint density at radius 2 is 1.75 bits per heavy atom. The van der Waals surface area contributed by atoms with Gasteiger partial charge in [0.05, 0.1) is 5.41 Å². The third-order valence-corrected chi connectivity index (χ3v) is 7.81. The molecule has 134 valence electrons. The van der Waals surface area contributed by atoms with Crippen molar-refractivity contribution in [3.05, 3.63) is 0 Å². The Bertz CT molecular complexity index is 527. The monoisotopic (exact) mass is 397 g/mol. The summed E-state index contributed by atoms with van der Waals surface area (Å²) in [6.45, 7) is 3.76. The van der Waals surface area contributed by atoms with Crippen molar-refractivity contribution in [2.24, 2.45) is 23.2 Å². The van der Waals surface area contributed by atoms with Gasteiger partial charge in [0.1, 0.15) is 0 Å². The molecule has 4 saturated carbocycles. The average molecular weight is 398 g/mol. The number of halogens is 1. The Hall–Kier alpha value is -0.580. The zero-order chi connectivity index (χ0) is 16.9. The molecule has 0 radical (unpaired) electrons. The average Bonchev–Trinajstić information content (AvgIpc) is 2.50. The summed E-state index contributed by atoms with van der Waals surface area (Å²) >= 11 is 3.93. The van der Waals surface area contributed by atoms with Crippen LogP contribution in [-0.2, 0) is 14.3 Å². The molecule has 1 amide bonds. The van der Waals surface area contributed by atoms with Gasteiger partial charge in [0.15, 0.2) is 6.61 Å². The van der Waals surface area contributed by atoms with Crippen LogP contribution in [0, 0.1) is 23.2 Å². The first-order valence-electron chi connectivity index (χ1n) is 9.51. The summed E-state index contributed by atoms with van der Waals surface area (Å²) in [7, 11) is 0. The number of alkyl halides is 1. The third kappa shape index (κ3) is 3.02. The van der Waals surface area contributed by atoms with Gasteiger partial charge >= 0.3 is 5.97 Å². The molecule has 5 fully saturated rings. The highest BCUT2D eigenvalue weighted by Gasteiger charge is 2.60. The first kappa shape index (κ1) is 16.9. The van der Waals surface area contributed by atoms with E-state index in [4.69, 9.17) is 4.74 Å². The van der Waals surface area contributed by atoms with Crippen molar-refractivity contribution >= 4 is 27.8 Å². The number of carbonyl (C=O) groups is 2. The van der Waals surface area contributed by atoms with Crippen molar-refractivity contribution in [1.82, 2.24) is 4.90 Å². The molecule has 0 spiro atoms. The number of likely N-dealkylation sites (tertiary alicyclic amines) is 1. The molecule has 4 bridgehead atoms. The molecule has 4 nitrogen and oxygen atoms in total. The van der Waals surface area contributed by atoms with E-state index in [-0.39, 0.29) is 28.2 Å². The Balaban J connectivity index is 1.36. The van der Waals surface area contributed by atoms with Crippen LogP contribution in [0.25, 0.3) is 0 Å². The number of hydrogen-bond acceptors (Lipinski definition) is 3. The number of amides is 1. The predicted octanol–water partition coefficient (Wildman–Crippen LogP) is 3.52. The quantitative estimate of drug-likeness (QED) is 0.540. The zero-order valence-corrected chi connectivity index (χ0v) is 16.1.